The Morgan fingerprint density at radius 1 is 1.44 bits per heavy atom. The molecule has 0 spiro atoms. The molecule has 3 atom stereocenters. The van der Waals surface area contributed by atoms with E-state index in [1.54, 1.807) is 0 Å². The van der Waals surface area contributed by atoms with Crippen molar-refractivity contribution in [1.29, 1.82) is 0 Å². The van der Waals surface area contributed by atoms with Crippen LogP contribution in [0.2, 0.25) is 0 Å². The summed E-state index contributed by atoms with van der Waals surface area (Å²) in [5.74, 6) is 0. The lowest BCUT2D eigenvalue weighted by molar-refractivity contribution is 0.0856. The van der Waals surface area contributed by atoms with Crippen molar-refractivity contribution in [2.24, 2.45) is 5.73 Å². The van der Waals surface area contributed by atoms with Crippen LogP contribution in [0.3, 0.4) is 0 Å². The van der Waals surface area contributed by atoms with E-state index >= 15 is 0 Å². The number of likely N-dealkylation sites (tertiary alicyclic amines) is 1. The Morgan fingerprint density at radius 3 is 2.89 bits per heavy atom. The largest absolute Gasteiger partial charge is 0.326 e. The number of rotatable bonds is 4. The second-order valence-corrected chi connectivity index (χ2v) is 5.35. The Morgan fingerprint density at radius 2 is 2.28 bits per heavy atom. The number of hydrogen-bond acceptors (Lipinski definition) is 3. The van der Waals surface area contributed by atoms with Gasteiger partial charge in [-0.15, -0.1) is 0 Å². The van der Waals surface area contributed by atoms with Crippen molar-refractivity contribution in [3.05, 3.63) is 30.1 Å². The minimum absolute atomic E-state index is 0.167. The van der Waals surface area contributed by atoms with Crippen molar-refractivity contribution in [3.8, 4) is 0 Å². The molecule has 100 valence electrons. The summed E-state index contributed by atoms with van der Waals surface area (Å²) in [4.78, 5) is 7.09. The van der Waals surface area contributed by atoms with E-state index < -0.39 is 0 Å². The number of nitrogens with two attached hydrogens (primary N) is 1. The third kappa shape index (κ3) is 2.90. The summed E-state index contributed by atoms with van der Waals surface area (Å²) in [6, 6.07) is 7.20. The van der Waals surface area contributed by atoms with Crippen LogP contribution < -0.4 is 5.73 Å². The average molecular weight is 247 g/mol. The van der Waals surface area contributed by atoms with Crippen molar-refractivity contribution < 1.29 is 0 Å². The van der Waals surface area contributed by atoms with Gasteiger partial charge in [-0.25, -0.2) is 0 Å². The van der Waals surface area contributed by atoms with Crippen LogP contribution in [-0.2, 0) is 0 Å². The first-order valence-electron chi connectivity index (χ1n) is 7.16. The van der Waals surface area contributed by atoms with Crippen LogP contribution >= 0.6 is 0 Å². The summed E-state index contributed by atoms with van der Waals surface area (Å²) < 4.78 is 0. The number of nitrogens with zero attached hydrogens (tertiary/aromatic N) is 2. The van der Waals surface area contributed by atoms with E-state index in [1.807, 2.05) is 12.3 Å². The van der Waals surface area contributed by atoms with Gasteiger partial charge in [-0.2, -0.15) is 0 Å². The molecule has 2 heterocycles. The predicted octanol–water partition coefficient (Wildman–Crippen LogP) is 2.73. The molecule has 18 heavy (non-hydrogen) atoms. The molecule has 1 saturated heterocycles. The Balaban J connectivity index is 2.24. The highest BCUT2D eigenvalue weighted by Gasteiger charge is 2.31. The molecule has 2 N–H and O–H groups in total. The number of pyridine rings is 1. The molecule has 0 aliphatic carbocycles. The average Bonchev–Trinajstić information content (AvgIpc) is 2.42. The molecule has 0 amide bonds. The Hall–Kier alpha value is -0.930. The van der Waals surface area contributed by atoms with Crippen molar-refractivity contribution in [3.63, 3.8) is 0 Å². The lowest BCUT2D eigenvalue weighted by Crippen LogP contribution is -2.47. The lowest BCUT2D eigenvalue weighted by atomic mass is 9.94. The highest BCUT2D eigenvalue weighted by Crippen LogP contribution is 2.30. The SMILES string of the molecule is CCC(N)C(c1ccccn1)N1CCCCC1C. The molecule has 1 fully saturated rings. The zero-order valence-corrected chi connectivity index (χ0v) is 11.5. The highest BCUT2D eigenvalue weighted by atomic mass is 15.2. The van der Waals surface area contributed by atoms with Gasteiger partial charge in [0.1, 0.15) is 0 Å². The van der Waals surface area contributed by atoms with E-state index in [4.69, 9.17) is 5.73 Å². The van der Waals surface area contributed by atoms with Gasteiger partial charge in [-0.1, -0.05) is 19.4 Å². The summed E-state index contributed by atoms with van der Waals surface area (Å²) in [5, 5.41) is 0. The normalized spacial score (nSPS) is 24.7. The van der Waals surface area contributed by atoms with Gasteiger partial charge in [0.2, 0.25) is 0 Å². The van der Waals surface area contributed by atoms with Crippen molar-refractivity contribution in [1.82, 2.24) is 9.88 Å². The fourth-order valence-corrected chi connectivity index (χ4v) is 2.94. The van der Waals surface area contributed by atoms with E-state index in [0.717, 1.165) is 18.7 Å². The Bertz CT molecular complexity index is 352. The van der Waals surface area contributed by atoms with Crippen molar-refractivity contribution >= 4 is 0 Å². The maximum atomic E-state index is 6.36. The maximum Gasteiger partial charge on any atom is 0.0675 e. The second-order valence-electron chi connectivity index (χ2n) is 5.35. The van der Waals surface area contributed by atoms with E-state index in [9.17, 15) is 0 Å². The predicted molar refractivity (Wildman–Crippen MR) is 75.3 cm³/mol. The molecule has 0 radical (unpaired) electrons. The van der Waals surface area contributed by atoms with Crippen molar-refractivity contribution in [2.75, 3.05) is 6.54 Å². The molecule has 0 saturated carbocycles. The second kappa shape index (κ2) is 6.30. The fourth-order valence-electron chi connectivity index (χ4n) is 2.94. The monoisotopic (exact) mass is 247 g/mol. The number of aromatic nitrogens is 1. The standard InChI is InChI=1S/C15H25N3/c1-3-13(16)15(14-9-4-6-10-17-14)18-11-7-5-8-12(18)2/h4,6,9-10,12-13,15H,3,5,7-8,11,16H2,1-2H3. The molecule has 3 unspecified atom stereocenters. The summed E-state index contributed by atoms with van der Waals surface area (Å²) in [6.07, 6.45) is 6.77. The topological polar surface area (TPSA) is 42.1 Å². The molecule has 2 rings (SSSR count). The van der Waals surface area contributed by atoms with Gasteiger partial charge in [0.25, 0.3) is 0 Å². The first-order chi connectivity index (χ1) is 8.74. The van der Waals surface area contributed by atoms with Crippen LogP contribution in [-0.4, -0.2) is 28.5 Å². The van der Waals surface area contributed by atoms with Gasteiger partial charge >= 0.3 is 0 Å². The van der Waals surface area contributed by atoms with Gasteiger partial charge in [0, 0.05) is 18.3 Å². The van der Waals surface area contributed by atoms with Gasteiger partial charge in [0.15, 0.2) is 0 Å². The highest BCUT2D eigenvalue weighted by molar-refractivity contribution is 5.12. The maximum absolute atomic E-state index is 6.36. The van der Waals surface area contributed by atoms with Crippen LogP contribution in [0.5, 0.6) is 0 Å². The molecular formula is C15H25N3. The number of piperidine rings is 1. The minimum Gasteiger partial charge on any atom is -0.326 e. The van der Waals surface area contributed by atoms with Gasteiger partial charge in [0.05, 0.1) is 11.7 Å². The Labute approximate surface area is 110 Å². The zero-order valence-electron chi connectivity index (χ0n) is 11.5. The van der Waals surface area contributed by atoms with E-state index in [0.29, 0.717) is 6.04 Å². The summed E-state index contributed by atoms with van der Waals surface area (Å²) >= 11 is 0. The molecule has 0 bridgehead atoms. The Kier molecular flexibility index (Phi) is 4.72. The fraction of sp³-hybridized carbons (Fsp3) is 0.667. The van der Waals surface area contributed by atoms with Gasteiger partial charge < -0.3 is 5.73 Å². The van der Waals surface area contributed by atoms with Crippen molar-refractivity contribution in [2.45, 2.75) is 57.7 Å². The molecule has 1 aliphatic rings. The molecule has 3 heteroatoms. The van der Waals surface area contributed by atoms with Gasteiger partial charge in [-0.05, 0) is 44.9 Å². The summed E-state index contributed by atoms with van der Waals surface area (Å²) in [6.45, 7) is 5.63. The molecule has 1 aromatic heterocycles. The van der Waals surface area contributed by atoms with E-state index in [-0.39, 0.29) is 12.1 Å². The zero-order chi connectivity index (χ0) is 13.0. The minimum atomic E-state index is 0.167. The summed E-state index contributed by atoms with van der Waals surface area (Å²) in [7, 11) is 0. The van der Waals surface area contributed by atoms with Crippen LogP contribution in [0, 0.1) is 0 Å². The van der Waals surface area contributed by atoms with Crippen LogP contribution in [0.25, 0.3) is 0 Å². The molecular weight excluding hydrogens is 222 g/mol. The van der Waals surface area contributed by atoms with Gasteiger partial charge in [-0.3, -0.25) is 9.88 Å². The van der Waals surface area contributed by atoms with Crippen LogP contribution in [0.15, 0.2) is 24.4 Å². The molecule has 1 aromatic rings. The van der Waals surface area contributed by atoms with Crippen LogP contribution in [0.1, 0.15) is 51.3 Å². The molecule has 1 aliphatic heterocycles. The smallest absolute Gasteiger partial charge is 0.0675 e. The first-order valence-corrected chi connectivity index (χ1v) is 7.16. The molecule has 0 aromatic carbocycles. The van der Waals surface area contributed by atoms with E-state index in [1.165, 1.54) is 19.3 Å². The summed E-state index contributed by atoms with van der Waals surface area (Å²) in [5.41, 5.74) is 7.49. The third-order valence-corrected chi connectivity index (χ3v) is 4.08. The first kappa shape index (κ1) is 13.5. The van der Waals surface area contributed by atoms with E-state index in [2.05, 4.69) is 35.9 Å². The third-order valence-electron chi connectivity index (χ3n) is 4.08. The lowest BCUT2D eigenvalue weighted by Gasteiger charge is -2.41. The quantitative estimate of drug-likeness (QED) is 0.889. The number of hydrogen-bond donors (Lipinski definition) is 1. The molecule has 3 nitrogen and oxygen atoms in total. The van der Waals surface area contributed by atoms with Crippen LogP contribution in [0.4, 0.5) is 0 Å².